The molecule has 2 heterocycles. The number of β-amino-alcohol motifs (C(OH)–C–C–N with tert-alkyl or cyclic N) is 1. The fraction of sp³-hybridized carbons (Fsp3) is 0.438. The molecule has 1 aliphatic rings. The molecule has 3 rings (SSSR count). The summed E-state index contributed by atoms with van der Waals surface area (Å²) >= 11 is 1.76. The van der Waals surface area contributed by atoms with E-state index in [1.54, 1.807) is 11.3 Å². The van der Waals surface area contributed by atoms with Gasteiger partial charge in [0.2, 0.25) is 0 Å². The molecular weight excluding hydrogens is 282 g/mol. The lowest BCUT2D eigenvalue weighted by Gasteiger charge is -2.46. The molecule has 1 saturated heterocycles. The van der Waals surface area contributed by atoms with E-state index in [-0.39, 0.29) is 0 Å². The van der Waals surface area contributed by atoms with E-state index in [0.29, 0.717) is 13.1 Å². The van der Waals surface area contributed by atoms with Gasteiger partial charge >= 0.3 is 0 Å². The van der Waals surface area contributed by atoms with Gasteiger partial charge in [-0.05, 0) is 19.7 Å². The van der Waals surface area contributed by atoms with Crippen molar-refractivity contribution < 1.29 is 5.11 Å². The van der Waals surface area contributed by atoms with Crippen LogP contribution in [0.2, 0.25) is 0 Å². The Kier molecular flexibility index (Phi) is 4.08. The van der Waals surface area contributed by atoms with Gasteiger partial charge in [0, 0.05) is 30.7 Å². The first-order valence-corrected chi connectivity index (χ1v) is 7.95. The molecule has 1 fully saturated rings. The van der Waals surface area contributed by atoms with Crippen molar-refractivity contribution in [3.63, 3.8) is 0 Å². The van der Waals surface area contributed by atoms with E-state index >= 15 is 0 Å². The van der Waals surface area contributed by atoms with Crippen molar-refractivity contribution >= 4 is 11.3 Å². The van der Waals surface area contributed by atoms with E-state index in [9.17, 15) is 5.11 Å². The third kappa shape index (κ3) is 3.32. The summed E-state index contributed by atoms with van der Waals surface area (Å²) in [5.41, 5.74) is 0.319. The van der Waals surface area contributed by atoms with Crippen LogP contribution in [-0.4, -0.2) is 47.1 Å². The number of thiazole rings is 1. The molecular formula is C16H21N3OS. The SMILES string of the molecule is CN(C)Cc1cnc(CN2CC(O)(c3ccccc3)C2)s1. The first-order valence-electron chi connectivity index (χ1n) is 7.14. The van der Waals surface area contributed by atoms with Crippen LogP contribution in [0.15, 0.2) is 36.5 Å². The molecule has 0 spiro atoms. The van der Waals surface area contributed by atoms with Gasteiger partial charge in [0.05, 0.1) is 6.54 Å². The third-order valence-corrected chi connectivity index (χ3v) is 4.68. The average Bonchev–Trinajstić information content (AvgIpc) is 2.84. The van der Waals surface area contributed by atoms with Crippen LogP contribution in [0.25, 0.3) is 0 Å². The zero-order valence-electron chi connectivity index (χ0n) is 12.5. The van der Waals surface area contributed by atoms with Crippen LogP contribution < -0.4 is 0 Å². The molecule has 5 heteroatoms. The second-order valence-electron chi connectivity index (χ2n) is 6.00. The summed E-state index contributed by atoms with van der Waals surface area (Å²) in [6, 6.07) is 9.92. The molecule has 2 aromatic rings. The molecule has 0 unspecified atom stereocenters. The van der Waals surface area contributed by atoms with Crippen LogP contribution >= 0.6 is 11.3 Å². The Hall–Kier alpha value is -1.27. The number of hydrogen-bond acceptors (Lipinski definition) is 5. The molecule has 1 aromatic heterocycles. The van der Waals surface area contributed by atoms with Crippen LogP contribution in [0.1, 0.15) is 15.4 Å². The van der Waals surface area contributed by atoms with E-state index in [1.807, 2.05) is 36.5 Å². The Morgan fingerprint density at radius 1 is 1.29 bits per heavy atom. The van der Waals surface area contributed by atoms with Crippen molar-refractivity contribution in [1.82, 2.24) is 14.8 Å². The van der Waals surface area contributed by atoms with Gasteiger partial charge in [-0.3, -0.25) is 4.90 Å². The van der Waals surface area contributed by atoms with Crippen molar-refractivity contribution in [2.75, 3.05) is 27.2 Å². The first-order chi connectivity index (χ1) is 10.0. The van der Waals surface area contributed by atoms with Crippen molar-refractivity contribution in [2.45, 2.75) is 18.7 Å². The van der Waals surface area contributed by atoms with Gasteiger partial charge in [0.25, 0.3) is 0 Å². The number of hydrogen-bond donors (Lipinski definition) is 1. The maximum Gasteiger partial charge on any atom is 0.115 e. The lowest BCUT2D eigenvalue weighted by atomic mass is 9.86. The molecule has 0 bridgehead atoms. The fourth-order valence-corrected chi connectivity index (χ4v) is 3.82. The topological polar surface area (TPSA) is 39.6 Å². The summed E-state index contributed by atoms with van der Waals surface area (Å²) in [7, 11) is 4.13. The monoisotopic (exact) mass is 303 g/mol. The molecule has 0 radical (unpaired) electrons. The predicted molar refractivity (Wildman–Crippen MR) is 85.1 cm³/mol. The fourth-order valence-electron chi connectivity index (χ4n) is 2.73. The second-order valence-corrected chi connectivity index (χ2v) is 7.20. The van der Waals surface area contributed by atoms with Gasteiger partial charge in [0.15, 0.2) is 0 Å². The van der Waals surface area contributed by atoms with Crippen LogP contribution in [0.3, 0.4) is 0 Å². The third-order valence-electron chi connectivity index (χ3n) is 3.71. The van der Waals surface area contributed by atoms with Crippen LogP contribution in [-0.2, 0) is 18.7 Å². The first kappa shape index (κ1) is 14.7. The Balaban J connectivity index is 1.56. The van der Waals surface area contributed by atoms with Crippen LogP contribution in [0.4, 0.5) is 0 Å². The van der Waals surface area contributed by atoms with Crippen molar-refractivity contribution in [3.05, 3.63) is 52.0 Å². The highest BCUT2D eigenvalue weighted by Crippen LogP contribution is 2.33. The summed E-state index contributed by atoms with van der Waals surface area (Å²) in [5, 5.41) is 11.7. The largest absolute Gasteiger partial charge is 0.382 e. The van der Waals surface area contributed by atoms with E-state index in [1.165, 1.54) is 4.88 Å². The minimum Gasteiger partial charge on any atom is -0.382 e. The lowest BCUT2D eigenvalue weighted by molar-refractivity contribution is -0.107. The van der Waals surface area contributed by atoms with Gasteiger partial charge in [-0.1, -0.05) is 30.3 Å². The molecule has 0 aliphatic carbocycles. The molecule has 1 aromatic carbocycles. The van der Waals surface area contributed by atoms with Gasteiger partial charge in [-0.15, -0.1) is 11.3 Å². The Bertz CT molecular complexity index is 591. The van der Waals surface area contributed by atoms with Crippen molar-refractivity contribution in [3.8, 4) is 0 Å². The van der Waals surface area contributed by atoms with Gasteiger partial charge < -0.3 is 10.0 Å². The highest BCUT2D eigenvalue weighted by Gasteiger charge is 2.42. The number of nitrogens with zero attached hydrogens (tertiary/aromatic N) is 3. The number of benzene rings is 1. The minimum absolute atomic E-state index is 0.680. The quantitative estimate of drug-likeness (QED) is 0.916. The summed E-state index contributed by atoms with van der Waals surface area (Å²) in [6.45, 7) is 3.12. The van der Waals surface area contributed by atoms with Gasteiger partial charge in [-0.25, -0.2) is 4.98 Å². The number of aliphatic hydroxyl groups is 1. The summed E-state index contributed by atoms with van der Waals surface area (Å²) in [4.78, 5) is 10.2. The minimum atomic E-state index is -0.689. The van der Waals surface area contributed by atoms with Gasteiger partial charge in [-0.2, -0.15) is 0 Å². The number of rotatable bonds is 5. The molecule has 21 heavy (non-hydrogen) atoms. The standard InChI is InChI=1S/C16H21N3OS/c1-18(2)9-14-8-17-15(21-14)10-19-11-16(20,12-19)13-6-4-3-5-7-13/h3-8,20H,9-12H2,1-2H3. The lowest BCUT2D eigenvalue weighted by Crippen LogP contribution is -2.58. The second kappa shape index (κ2) is 5.85. The maximum absolute atomic E-state index is 10.6. The average molecular weight is 303 g/mol. The predicted octanol–water partition coefficient (Wildman–Crippen LogP) is 1.91. The normalized spacial score (nSPS) is 17.9. The Labute approximate surface area is 129 Å². The van der Waals surface area contributed by atoms with Crippen LogP contribution in [0, 0.1) is 0 Å². The van der Waals surface area contributed by atoms with Crippen molar-refractivity contribution in [2.24, 2.45) is 0 Å². The van der Waals surface area contributed by atoms with Crippen LogP contribution in [0.5, 0.6) is 0 Å². The molecule has 0 atom stereocenters. The Morgan fingerprint density at radius 3 is 2.67 bits per heavy atom. The highest BCUT2D eigenvalue weighted by atomic mass is 32.1. The van der Waals surface area contributed by atoms with E-state index in [2.05, 4.69) is 28.9 Å². The smallest absolute Gasteiger partial charge is 0.115 e. The molecule has 0 saturated carbocycles. The molecule has 1 aliphatic heterocycles. The highest BCUT2D eigenvalue weighted by molar-refractivity contribution is 7.11. The Morgan fingerprint density at radius 2 is 2.00 bits per heavy atom. The summed E-state index contributed by atoms with van der Waals surface area (Å²) < 4.78 is 0. The maximum atomic E-state index is 10.6. The zero-order chi connectivity index (χ0) is 14.9. The van der Waals surface area contributed by atoms with E-state index in [4.69, 9.17) is 0 Å². The molecule has 4 nitrogen and oxygen atoms in total. The molecule has 1 N–H and O–H groups in total. The molecule has 112 valence electrons. The summed E-state index contributed by atoms with van der Waals surface area (Å²) in [5.74, 6) is 0. The van der Waals surface area contributed by atoms with Crippen molar-refractivity contribution in [1.29, 1.82) is 0 Å². The number of likely N-dealkylation sites (tertiary alicyclic amines) is 1. The molecule has 0 amide bonds. The van der Waals surface area contributed by atoms with E-state index in [0.717, 1.165) is 23.7 Å². The van der Waals surface area contributed by atoms with E-state index < -0.39 is 5.60 Å². The number of aromatic nitrogens is 1. The summed E-state index contributed by atoms with van der Waals surface area (Å²) in [6.07, 6.45) is 1.96. The van der Waals surface area contributed by atoms with Gasteiger partial charge in [0.1, 0.15) is 10.6 Å². The zero-order valence-corrected chi connectivity index (χ0v) is 13.3.